The van der Waals surface area contributed by atoms with E-state index >= 15 is 0 Å². The largest absolute Gasteiger partial charge is 0.363 e. The molecule has 0 amide bonds. The maximum Gasteiger partial charge on any atom is 0.169 e. The van der Waals surface area contributed by atoms with Gasteiger partial charge in [-0.2, -0.15) is 5.10 Å². The van der Waals surface area contributed by atoms with Gasteiger partial charge >= 0.3 is 0 Å². The lowest BCUT2D eigenvalue weighted by molar-refractivity contribution is 0.396. The first-order chi connectivity index (χ1) is 9.63. The predicted octanol–water partition coefficient (Wildman–Crippen LogP) is 2.15. The van der Waals surface area contributed by atoms with Crippen LogP contribution < -0.4 is 5.32 Å². The van der Waals surface area contributed by atoms with Crippen LogP contribution in [-0.2, 0) is 0 Å². The maximum atomic E-state index is 5.34. The molecule has 0 aliphatic heterocycles. The molecule has 1 heterocycles. The average molecular weight is 289 g/mol. The quantitative estimate of drug-likeness (QED) is 0.874. The fraction of sp³-hybridized carbons (Fsp3) is 0.357. The van der Waals surface area contributed by atoms with Crippen LogP contribution in [0.25, 0.3) is 5.69 Å². The molecular weight excluding hydrogens is 270 g/mol. The van der Waals surface area contributed by atoms with Crippen LogP contribution in [-0.4, -0.2) is 38.4 Å². The van der Waals surface area contributed by atoms with Gasteiger partial charge in [0.15, 0.2) is 5.11 Å². The maximum absolute atomic E-state index is 5.34. The highest BCUT2D eigenvalue weighted by Crippen LogP contribution is 2.20. The van der Waals surface area contributed by atoms with Crippen molar-refractivity contribution in [3.05, 3.63) is 42.5 Å². The van der Waals surface area contributed by atoms with Crippen molar-refractivity contribution in [3.63, 3.8) is 0 Å². The second-order valence-electron chi connectivity index (χ2n) is 4.55. The van der Waals surface area contributed by atoms with Crippen LogP contribution in [0.1, 0.15) is 25.5 Å². The van der Waals surface area contributed by atoms with E-state index in [4.69, 9.17) is 12.2 Å². The molecule has 0 spiro atoms. The summed E-state index contributed by atoms with van der Waals surface area (Å²) >= 11 is 5.34. The van der Waals surface area contributed by atoms with Gasteiger partial charge in [-0.15, -0.1) is 0 Å². The predicted molar refractivity (Wildman–Crippen MR) is 83.8 cm³/mol. The molecule has 2 aromatic rings. The standard InChI is InChI=1S/C14H19N5S/c1-4-16-14(20)18(3)11(2)12-5-7-13(8-6-12)19-10-15-9-17-19/h5-11H,4H2,1-3H3,(H,16,20)/t11-/m1/s1. The highest BCUT2D eigenvalue weighted by atomic mass is 32.1. The molecule has 0 fully saturated rings. The first-order valence-electron chi connectivity index (χ1n) is 6.59. The van der Waals surface area contributed by atoms with Crippen LogP contribution in [0.4, 0.5) is 0 Å². The zero-order valence-corrected chi connectivity index (χ0v) is 12.8. The molecule has 0 aliphatic rings. The van der Waals surface area contributed by atoms with E-state index in [1.807, 2.05) is 26.1 Å². The zero-order valence-electron chi connectivity index (χ0n) is 11.9. The summed E-state index contributed by atoms with van der Waals surface area (Å²) in [5.41, 5.74) is 2.20. The van der Waals surface area contributed by atoms with Gasteiger partial charge < -0.3 is 10.2 Å². The zero-order chi connectivity index (χ0) is 14.5. The third kappa shape index (κ3) is 3.14. The topological polar surface area (TPSA) is 46.0 Å². The Bertz CT molecular complexity index is 549. The summed E-state index contributed by atoms with van der Waals surface area (Å²) in [7, 11) is 2.00. The monoisotopic (exact) mass is 289 g/mol. The fourth-order valence-electron chi connectivity index (χ4n) is 1.92. The summed E-state index contributed by atoms with van der Waals surface area (Å²) in [5, 5.41) is 8.04. The van der Waals surface area contributed by atoms with Gasteiger partial charge in [0.25, 0.3) is 0 Å². The lowest BCUT2D eigenvalue weighted by atomic mass is 10.1. The van der Waals surface area contributed by atoms with Crippen molar-refractivity contribution in [1.29, 1.82) is 0 Å². The minimum absolute atomic E-state index is 0.214. The van der Waals surface area contributed by atoms with Gasteiger partial charge in [-0.3, -0.25) is 0 Å². The molecule has 6 heteroatoms. The number of rotatable bonds is 4. The molecule has 5 nitrogen and oxygen atoms in total. The Kier molecular flexibility index (Phi) is 4.68. The Morgan fingerprint density at radius 2 is 2.10 bits per heavy atom. The van der Waals surface area contributed by atoms with E-state index in [0.29, 0.717) is 0 Å². The van der Waals surface area contributed by atoms with Crippen molar-refractivity contribution in [2.24, 2.45) is 0 Å². The molecule has 0 radical (unpaired) electrons. The van der Waals surface area contributed by atoms with Gasteiger partial charge in [0, 0.05) is 13.6 Å². The van der Waals surface area contributed by atoms with E-state index in [1.165, 1.54) is 11.9 Å². The van der Waals surface area contributed by atoms with Crippen molar-refractivity contribution < 1.29 is 0 Å². The average Bonchev–Trinajstić information content (AvgIpc) is 3.00. The van der Waals surface area contributed by atoms with Crippen molar-refractivity contribution in [2.45, 2.75) is 19.9 Å². The summed E-state index contributed by atoms with van der Waals surface area (Å²) in [5.74, 6) is 0. The third-order valence-electron chi connectivity index (χ3n) is 3.29. The number of thiocarbonyl (C=S) groups is 1. The lowest BCUT2D eigenvalue weighted by Gasteiger charge is -2.28. The molecule has 0 unspecified atom stereocenters. The van der Waals surface area contributed by atoms with E-state index in [-0.39, 0.29) is 6.04 Å². The van der Waals surface area contributed by atoms with E-state index in [0.717, 1.165) is 17.3 Å². The second kappa shape index (κ2) is 6.47. The van der Waals surface area contributed by atoms with Crippen LogP contribution in [0.3, 0.4) is 0 Å². The fourth-order valence-corrected chi connectivity index (χ4v) is 2.22. The summed E-state index contributed by atoms with van der Waals surface area (Å²) < 4.78 is 1.74. The molecule has 0 saturated heterocycles. The molecule has 2 rings (SSSR count). The van der Waals surface area contributed by atoms with E-state index in [9.17, 15) is 0 Å². The van der Waals surface area contributed by atoms with Crippen LogP contribution >= 0.6 is 12.2 Å². The van der Waals surface area contributed by atoms with Crippen LogP contribution in [0, 0.1) is 0 Å². The van der Waals surface area contributed by atoms with Gasteiger partial charge in [-0.1, -0.05) is 12.1 Å². The SMILES string of the molecule is CCNC(=S)N(C)[C@H](C)c1ccc(-n2cncn2)cc1. The molecule has 0 saturated carbocycles. The number of aromatic nitrogens is 3. The van der Waals surface area contributed by atoms with Gasteiger partial charge in [-0.25, -0.2) is 9.67 Å². The second-order valence-corrected chi connectivity index (χ2v) is 4.94. The van der Waals surface area contributed by atoms with E-state index in [1.54, 1.807) is 11.0 Å². The molecule has 1 atom stereocenters. The third-order valence-corrected chi connectivity index (χ3v) is 3.72. The van der Waals surface area contributed by atoms with Gasteiger partial charge in [0.1, 0.15) is 12.7 Å². The normalized spacial score (nSPS) is 11.9. The number of hydrogen-bond acceptors (Lipinski definition) is 3. The first-order valence-corrected chi connectivity index (χ1v) is 7.00. The Morgan fingerprint density at radius 3 is 2.65 bits per heavy atom. The molecule has 20 heavy (non-hydrogen) atoms. The first kappa shape index (κ1) is 14.5. The Labute approximate surface area is 124 Å². The Balaban J connectivity index is 2.11. The van der Waals surface area contributed by atoms with Crippen LogP contribution in [0.5, 0.6) is 0 Å². The summed E-state index contributed by atoms with van der Waals surface area (Å²) in [6.07, 6.45) is 3.21. The van der Waals surface area contributed by atoms with Gasteiger partial charge in [0.05, 0.1) is 11.7 Å². The number of nitrogens with one attached hydrogen (secondary N) is 1. The molecule has 1 aromatic heterocycles. The minimum Gasteiger partial charge on any atom is -0.363 e. The van der Waals surface area contributed by atoms with E-state index < -0.39 is 0 Å². The summed E-state index contributed by atoms with van der Waals surface area (Å²) in [4.78, 5) is 6.01. The highest BCUT2D eigenvalue weighted by Gasteiger charge is 2.14. The molecule has 0 bridgehead atoms. The smallest absolute Gasteiger partial charge is 0.169 e. The summed E-state index contributed by atoms with van der Waals surface area (Å²) in [6, 6.07) is 8.46. The molecule has 106 valence electrons. The van der Waals surface area contributed by atoms with E-state index in [2.05, 4.69) is 39.4 Å². The molecule has 1 N–H and O–H groups in total. The highest BCUT2D eigenvalue weighted by molar-refractivity contribution is 7.80. The molecule has 1 aromatic carbocycles. The molecular formula is C14H19N5S. The molecule has 0 aliphatic carbocycles. The Morgan fingerprint density at radius 1 is 1.40 bits per heavy atom. The van der Waals surface area contributed by atoms with Crippen molar-refractivity contribution >= 4 is 17.3 Å². The van der Waals surface area contributed by atoms with Crippen LogP contribution in [0.15, 0.2) is 36.9 Å². The van der Waals surface area contributed by atoms with Gasteiger partial charge in [-0.05, 0) is 43.8 Å². The minimum atomic E-state index is 0.214. The number of benzene rings is 1. The van der Waals surface area contributed by atoms with Crippen molar-refractivity contribution in [2.75, 3.05) is 13.6 Å². The number of nitrogens with zero attached hydrogens (tertiary/aromatic N) is 4. The van der Waals surface area contributed by atoms with Crippen molar-refractivity contribution in [1.82, 2.24) is 25.0 Å². The number of hydrogen-bond donors (Lipinski definition) is 1. The van der Waals surface area contributed by atoms with Gasteiger partial charge in [0.2, 0.25) is 0 Å². The summed E-state index contributed by atoms with van der Waals surface area (Å²) in [6.45, 7) is 5.01. The Hall–Kier alpha value is -1.95. The van der Waals surface area contributed by atoms with Crippen LogP contribution in [0.2, 0.25) is 0 Å². The van der Waals surface area contributed by atoms with Crippen molar-refractivity contribution in [3.8, 4) is 5.69 Å². The lowest BCUT2D eigenvalue weighted by Crippen LogP contribution is -2.38.